The lowest BCUT2D eigenvalue weighted by molar-refractivity contribution is 0.233. The molecule has 0 aliphatic carbocycles. The molecule has 1 N–H and O–H groups in total. The summed E-state index contributed by atoms with van der Waals surface area (Å²) >= 11 is 6.18. The summed E-state index contributed by atoms with van der Waals surface area (Å²) in [5.74, 6) is 0.143. The number of aromatic nitrogens is 5. The van der Waals surface area contributed by atoms with Crippen molar-refractivity contribution in [1.29, 1.82) is 0 Å². The number of hydrogen-bond donors (Lipinski definition) is 1. The summed E-state index contributed by atoms with van der Waals surface area (Å²) in [5.41, 5.74) is 1.31. The number of hydrogen-bond acceptors (Lipinski definition) is 6. The molecule has 7 nitrogen and oxygen atoms in total. The van der Waals surface area contributed by atoms with E-state index >= 15 is 0 Å². The molecule has 0 radical (unpaired) electrons. The summed E-state index contributed by atoms with van der Waals surface area (Å²) in [7, 11) is 0. The van der Waals surface area contributed by atoms with E-state index in [1.54, 1.807) is 18.3 Å². The van der Waals surface area contributed by atoms with Crippen molar-refractivity contribution >= 4 is 22.5 Å². The maximum absolute atomic E-state index is 14.3. The van der Waals surface area contributed by atoms with Gasteiger partial charge in [0.15, 0.2) is 0 Å². The minimum atomic E-state index is -0.481. The molecule has 3 heterocycles. The molecular formula is C17H13ClFN5O2. The summed E-state index contributed by atoms with van der Waals surface area (Å²) < 4.78 is 25.0. The third kappa shape index (κ3) is 2.99. The molecule has 0 amide bonds. The summed E-state index contributed by atoms with van der Waals surface area (Å²) in [6.07, 6.45) is 3.05. The second-order valence-corrected chi connectivity index (χ2v) is 6.30. The Hall–Kier alpha value is -3.00. The number of pyridine rings is 1. The molecule has 4 aromatic rings. The molecule has 0 bridgehead atoms. The molecule has 0 saturated carbocycles. The van der Waals surface area contributed by atoms with Crippen LogP contribution in [0.25, 0.3) is 33.7 Å². The summed E-state index contributed by atoms with van der Waals surface area (Å²) in [5, 5.41) is 11.5. The number of halogens is 2. The molecule has 0 aliphatic heterocycles. The molecule has 26 heavy (non-hydrogen) atoms. The van der Waals surface area contributed by atoms with E-state index in [0.717, 1.165) is 5.39 Å². The molecule has 0 atom stereocenters. The fourth-order valence-electron chi connectivity index (χ4n) is 2.44. The van der Waals surface area contributed by atoms with Gasteiger partial charge in [0.25, 0.3) is 5.89 Å². The van der Waals surface area contributed by atoms with E-state index in [9.17, 15) is 4.39 Å². The van der Waals surface area contributed by atoms with Crippen LogP contribution in [-0.4, -0.2) is 31.4 Å². The normalized spacial score (nSPS) is 11.4. The van der Waals surface area contributed by atoms with Crippen LogP contribution in [0.2, 0.25) is 5.02 Å². The van der Waals surface area contributed by atoms with Gasteiger partial charge in [0.2, 0.25) is 11.7 Å². The molecule has 132 valence electrons. The highest BCUT2D eigenvalue weighted by molar-refractivity contribution is 6.32. The Morgan fingerprint density at radius 3 is 2.85 bits per heavy atom. The number of aromatic amines is 1. The van der Waals surface area contributed by atoms with Crippen LogP contribution in [0, 0.1) is 5.82 Å². The van der Waals surface area contributed by atoms with Crippen LogP contribution in [0.1, 0.15) is 13.8 Å². The van der Waals surface area contributed by atoms with Crippen LogP contribution in [0.15, 0.2) is 35.1 Å². The van der Waals surface area contributed by atoms with Gasteiger partial charge >= 0.3 is 0 Å². The zero-order valence-corrected chi connectivity index (χ0v) is 14.6. The van der Waals surface area contributed by atoms with E-state index in [2.05, 4.69) is 25.3 Å². The van der Waals surface area contributed by atoms with Crippen LogP contribution in [0.5, 0.6) is 5.88 Å². The van der Waals surface area contributed by atoms with Gasteiger partial charge in [0.1, 0.15) is 10.8 Å². The molecule has 0 saturated heterocycles. The monoisotopic (exact) mass is 373 g/mol. The highest BCUT2D eigenvalue weighted by atomic mass is 35.5. The topological polar surface area (TPSA) is 89.7 Å². The lowest BCUT2D eigenvalue weighted by Gasteiger charge is -2.09. The van der Waals surface area contributed by atoms with E-state index in [1.807, 2.05) is 13.8 Å². The first kappa shape index (κ1) is 16.5. The number of rotatable bonds is 4. The van der Waals surface area contributed by atoms with Gasteiger partial charge in [-0.15, -0.1) is 0 Å². The van der Waals surface area contributed by atoms with E-state index in [1.165, 1.54) is 12.3 Å². The highest BCUT2D eigenvalue weighted by Gasteiger charge is 2.17. The minimum Gasteiger partial charge on any atom is -0.474 e. The van der Waals surface area contributed by atoms with Crippen molar-refractivity contribution in [2.75, 3.05) is 0 Å². The van der Waals surface area contributed by atoms with Gasteiger partial charge in [0, 0.05) is 17.6 Å². The zero-order chi connectivity index (χ0) is 18.3. The van der Waals surface area contributed by atoms with Crippen LogP contribution in [0.3, 0.4) is 0 Å². The lowest BCUT2D eigenvalue weighted by Crippen LogP contribution is -2.07. The first-order valence-corrected chi connectivity index (χ1v) is 8.18. The molecule has 0 spiro atoms. The standard InChI is InChI=1S/C17H13ClFN5O2/c1-8(2)25-17-12(18)4-10(6-20-17)16-22-15(24-26-16)11-3-9-7-21-23-14(9)5-13(11)19/h3-8H,1-2H3,(H,21,23). The quantitative estimate of drug-likeness (QED) is 0.575. The Morgan fingerprint density at radius 2 is 2.08 bits per heavy atom. The molecule has 9 heteroatoms. The fourth-order valence-corrected chi connectivity index (χ4v) is 2.65. The fraction of sp³-hybridized carbons (Fsp3) is 0.176. The Kier molecular flexibility index (Phi) is 4.04. The van der Waals surface area contributed by atoms with Crippen LogP contribution < -0.4 is 4.74 Å². The number of nitrogens with zero attached hydrogens (tertiary/aromatic N) is 4. The van der Waals surface area contributed by atoms with Crippen LogP contribution in [-0.2, 0) is 0 Å². The van der Waals surface area contributed by atoms with Crippen molar-refractivity contribution in [3.05, 3.63) is 41.4 Å². The molecule has 0 unspecified atom stereocenters. The zero-order valence-electron chi connectivity index (χ0n) is 13.8. The Bertz CT molecular complexity index is 1090. The van der Waals surface area contributed by atoms with Gasteiger partial charge in [-0.1, -0.05) is 16.8 Å². The maximum Gasteiger partial charge on any atom is 0.259 e. The Labute approximate surface area is 152 Å². The van der Waals surface area contributed by atoms with E-state index in [0.29, 0.717) is 22.0 Å². The molecule has 0 fully saturated rings. The van der Waals surface area contributed by atoms with Crippen molar-refractivity contribution < 1.29 is 13.7 Å². The maximum atomic E-state index is 14.3. The average molecular weight is 374 g/mol. The third-order valence-corrected chi connectivity index (χ3v) is 3.87. The smallest absolute Gasteiger partial charge is 0.259 e. The van der Waals surface area contributed by atoms with Crippen LogP contribution >= 0.6 is 11.6 Å². The largest absolute Gasteiger partial charge is 0.474 e. The van der Waals surface area contributed by atoms with E-state index < -0.39 is 5.82 Å². The van der Waals surface area contributed by atoms with Crippen molar-refractivity contribution in [2.24, 2.45) is 0 Å². The highest BCUT2D eigenvalue weighted by Crippen LogP contribution is 2.30. The Balaban J connectivity index is 1.69. The lowest BCUT2D eigenvalue weighted by atomic mass is 10.1. The number of ether oxygens (including phenoxy) is 1. The third-order valence-electron chi connectivity index (χ3n) is 3.60. The average Bonchev–Trinajstić information content (AvgIpc) is 3.24. The number of benzene rings is 1. The van der Waals surface area contributed by atoms with Crippen molar-refractivity contribution in [3.8, 4) is 28.7 Å². The molecule has 0 aliphatic rings. The number of fused-ring (bicyclic) bond motifs is 1. The van der Waals surface area contributed by atoms with Crippen molar-refractivity contribution in [1.82, 2.24) is 25.3 Å². The first-order chi connectivity index (χ1) is 12.5. The second-order valence-electron chi connectivity index (χ2n) is 5.89. The van der Waals surface area contributed by atoms with E-state index in [4.69, 9.17) is 20.9 Å². The molecular weight excluding hydrogens is 361 g/mol. The number of nitrogens with one attached hydrogen (secondary N) is 1. The summed E-state index contributed by atoms with van der Waals surface area (Å²) in [6.45, 7) is 3.75. The van der Waals surface area contributed by atoms with E-state index in [-0.39, 0.29) is 23.4 Å². The molecule has 3 aromatic heterocycles. The minimum absolute atomic E-state index is 0.0540. The number of H-pyrrole nitrogens is 1. The predicted octanol–water partition coefficient (Wildman–Crippen LogP) is 4.25. The first-order valence-electron chi connectivity index (χ1n) is 7.80. The van der Waals surface area contributed by atoms with Gasteiger partial charge in [-0.2, -0.15) is 10.1 Å². The molecule has 4 rings (SSSR count). The van der Waals surface area contributed by atoms with Gasteiger partial charge in [-0.25, -0.2) is 9.37 Å². The van der Waals surface area contributed by atoms with Crippen molar-refractivity contribution in [3.63, 3.8) is 0 Å². The summed E-state index contributed by atoms with van der Waals surface area (Å²) in [6, 6.07) is 4.55. The van der Waals surface area contributed by atoms with Gasteiger partial charge in [-0.3, -0.25) is 5.10 Å². The molecule has 1 aromatic carbocycles. The predicted molar refractivity (Wildman–Crippen MR) is 93.3 cm³/mol. The van der Waals surface area contributed by atoms with Gasteiger partial charge in [-0.05, 0) is 26.0 Å². The SMILES string of the molecule is CC(C)Oc1ncc(-c2nc(-c3cc4cn[nH]c4cc3F)no2)cc1Cl. The van der Waals surface area contributed by atoms with Crippen LogP contribution in [0.4, 0.5) is 4.39 Å². The van der Waals surface area contributed by atoms with Crippen molar-refractivity contribution in [2.45, 2.75) is 20.0 Å². The van der Waals surface area contributed by atoms with Gasteiger partial charge in [0.05, 0.1) is 28.9 Å². The second kappa shape index (κ2) is 6.38. The Morgan fingerprint density at radius 1 is 1.23 bits per heavy atom. The summed E-state index contributed by atoms with van der Waals surface area (Å²) in [4.78, 5) is 8.41. The van der Waals surface area contributed by atoms with Gasteiger partial charge < -0.3 is 9.26 Å².